The van der Waals surface area contributed by atoms with Crippen molar-refractivity contribution in [3.8, 4) is 0 Å². The minimum absolute atomic E-state index is 0.154. The number of carbonyl (C=O) groups excluding carboxylic acids is 3. The minimum atomic E-state index is -0.900. The van der Waals surface area contributed by atoms with Crippen molar-refractivity contribution in [1.82, 2.24) is 5.32 Å². The van der Waals surface area contributed by atoms with E-state index in [2.05, 4.69) is 10.4 Å². The highest BCUT2D eigenvalue weighted by Gasteiger charge is 2.30. The fourth-order valence-electron chi connectivity index (χ4n) is 3.51. The molecule has 1 aliphatic carbocycles. The van der Waals surface area contributed by atoms with Crippen LogP contribution < -0.4 is 10.3 Å². The number of amides is 2. The number of hydrogen-bond acceptors (Lipinski definition) is 5. The van der Waals surface area contributed by atoms with E-state index in [1.54, 1.807) is 6.92 Å². The van der Waals surface area contributed by atoms with Crippen LogP contribution in [0.25, 0.3) is 0 Å². The highest BCUT2D eigenvalue weighted by Crippen LogP contribution is 2.25. The molecule has 1 aromatic carbocycles. The average Bonchev–Trinajstić information content (AvgIpc) is 3.17. The van der Waals surface area contributed by atoms with Gasteiger partial charge >= 0.3 is 5.97 Å². The maximum Gasteiger partial charge on any atom is 0.355 e. The van der Waals surface area contributed by atoms with Gasteiger partial charge in [-0.2, -0.15) is 10.1 Å². The number of rotatable bonds is 5. The number of hydrogen-bond donors (Lipinski definition) is 1. The van der Waals surface area contributed by atoms with Gasteiger partial charge in [0.15, 0.2) is 6.10 Å². The Morgan fingerprint density at radius 1 is 1.21 bits per heavy atom. The Morgan fingerprint density at radius 3 is 2.64 bits per heavy atom. The van der Waals surface area contributed by atoms with E-state index in [0.29, 0.717) is 5.69 Å². The van der Waals surface area contributed by atoms with Crippen LogP contribution in [-0.4, -0.2) is 35.6 Å². The van der Waals surface area contributed by atoms with Crippen LogP contribution in [0, 0.1) is 13.8 Å². The average molecular weight is 385 g/mol. The van der Waals surface area contributed by atoms with E-state index in [1.807, 2.05) is 32.0 Å². The van der Waals surface area contributed by atoms with Crippen molar-refractivity contribution >= 4 is 29.2 Å². The van der Waals surface area contributed by atoms with Crippen LogP contribution in [-0.2, 0) is 19.1 Å². The molecule has 1 atom stereocenters. The molecular formula is C21H27N3O4. The molecule has 1 N–H and O–H groups in total. The van der Waals surface area contributed by atoms with Crippen molar-refractivity contribution in [1.29, 1.82) is 0 Å². The van der Waals surface area contributed by atoms with Gasteiger partial charge in [0, 0.05) is 18.9 Å². The van der Waals surface area contributed by atoms with Gasteiger partial charge in [-0.05, 0) is 50.8 Å². The van der Waals surface area contributed by atoms with E-state index in [1.165, 1.54) is 5.01 Å². The maximum atomic E-state index is 12.5. The predicted octanol–water partition coefficient (Wildman–Crippen LogP) is 2.78. The summed E-state index contributed by atoms with van der Waals surface area (Å²) in [5.41, 5.74) is 2.69. The normalized spacial score (nSPS) is 18.6. The second-order valence-electron chi connectivity index (χ2n) is 7.58. The van der Waals surface area contributed by atoms with Gasteiger partial charge in [0.1, 0.15) is 5.71 Å². The molecule has 2 aliphatic rings. The monoisotopic (exact) mass is 385 g/mol. The van der Waals surface area contributed by atoms with Crippen molar-refractivity contribution in [2.45, 2.75) is 71.4 Å². The van der Waals surface area contributed by atoms with Crippen LogP contribution >= 0.6 is 0 Å². The third-order valence-corrected chi connectivity index (χ3v) is 5.22. The second-order valence-corrected chi connectivity index (χ2v) is 7.58. The summed E-state index contributed by atoms with van der Waals surface area (Å²) in [4.78, 5) is 37.1. The molecule has 28 heavy (non-hydrogen) atoms. The van der Waals surface area contributed by atoms with Gasteiger partial charge in [-0.1, -0.05) is 25.0 Å². The molecule has 0 bridgehead atoms. The van der Waals surface area contributed by atoms with Crippen molar-refractivity contribution in [3.05, 3.63) is 29.3 Å². The number of aryl methyl sites for hydroxylation is 2. The van der Waals surface area contributed by atoms with E-state index in [0.717, 1.165) is 36.8 Å². The van der Waals surface area contributed by atoms with Gasteiger partial charge in [0.25, 0.3) is 5.91 Å². The van der Waals surface area contributed by atoms with Crippen molar-refractivity contribution in [2.24, 2.45) is 5.10 Å². The molecule has 7 heteroatoms. The van der Waals surface area contributed by atoms with Gasteiger partial charge in [-0.15, -0.1) is 0 Å². The van der Waals surface area contributed by atoms with Crippen molar-refractivity contribution < 1.29 is 19.1 Å². The number of benzene rings is 1. The van der Waals surface area contributed by atoms with E-state index in [9.17, 15) is 14.4 Å². The highest BCUT2D eigenvalue weighted by atomic mass is 16.5. The Labute approximate surface area is 165 Å². The van der Waals surface area contributed by atoms with E-state index >= 15 is 0 Å². The molecule has 7 nitrogen and oxygen atoms in total. The summed E-state index contributed by atoms with van der Waals surface area (Å²) < 4.78 is 5.32. The molecule has 0 saturated heterocycles. The molecule has 1 fully saturated rings. The highest BCUT2D eigenvalue weighted by molar-refractivity contribution is 6.38. The Kier molecular flexibility index (Phi) is 6.11. The third kappa shape index (κ3) is 4.58. The Bertz CT molecular complexity index is 812. The first kappa shape index (κ1) is 20.0. The topological polar surface area (TPSA) is 88.1 Å². The molecule has 2 amide bonds. The Balaban J connectivity index is 1.69. The Hall–Kier alpha value is -2.70. The predicted molar refractivity (Wildman–Crippen MR) is 106 cm³/mol. The molecular weight excluding hydrogens is 358 g/mol. The lowest BCUT2D eigenvalue weighted by Gasteiger charge is -2.25. The van der Waals surface area contributed by atoms with Gasteiger partial charge in [0.2, 0.25) is 5.91 Å². The van der Waals surface area contributed by atoms with Crippen LogP contribution in [0.3, 0.4) is 0 Å². The summed E-state index contributed by atoms with van der Waals surface area (Å²) in [5, 5.41) is 8.44. The minimum Gasteiger partial charge on any atom is -0.448 e. The summed E-state index contributed by atoms with van der Waals surface area (Å²) in [6.07, 6.45) is 3.62. The largest absolute Gasteiger partial charge is 0.448 e. The summed E-state index contributed by atoms with van der Waals surface area (Å²) in [6, 6.07) is 5.90. The van der Waals surface area contributed by atoms with Crippen LogP contribution in [0.5, 0.6) is 0 Å². The Morgan fingerprint density at radius 2 is 1.93 bits per heavy atom. The summed E-state index contributed by atoms with van der Waals surface area (Å²) in [5.74, 6) is -1.12. The van der Waals surface area contributed by atoms with Gasteiger partial charge in [0.05, 0.1) is 5.69 Å². The molecule has 1 saturated carbocycles. The number of carbonyl (C=O) groups is 3. The van der Waals surface area contributed by atoms with E-state index < -0.39 is 12.1 Å². The van der Waals surface area contributed by atoms with Crippen LogP contribution in [0.4, 0.5) is 5.69 Å². The fourth-order valence-corrected chi connectivity index (χ4v) is 3.51. The molecule has 0 radical (unpaired) electrons. The SMILES string of the molecule is Cc1ccc(C)c(N2N=C(C(=O)O[C@H](C)C(=O)NC3CCCC3)CCC2=O)c1. The first-order valence-electron chi connectivity index (χ1n) is 9.84. The van der Waals surface area contributed by atoms with Crippen molar-refractivity contribution in [2.75, 3.05) is 5.01 Å². The van der Waals surface area contributed by atoms with Crippen LogP contribution in [0.15, 0.2) is 23.3 Å². The molecule has 150 valence electrons. The molecule has 0 unspecified atom stereocenters. The van der Waals surface area contributed by atoms with E-state index in [4.69, 9.17) is 4.74 Å². The first-order chi connectivity index (χ1) is 13.3. The van der Waals surface area contributed by atoms with Crippen molar-refractivity contribution in [3.63, 3.8) is 0 Å². The second kappa shape index (κ2) is 8.54. The number of esters is 1. The lowest BCUT2D eigenvalue weighted by molar-refractivity contribution is -0.149. The van der Waals surface area contributed by atoms with Gasteiger partial charge in [-0.3, -0.25) is 9.59 Å². The molecule has 1 aliphatic heterocycles. The standard InChI is InChI=1S/C21H27N3O4/c1-13-8-9-14(2)18(12-13)24-19(25)11-10-17(23-24)21(27)28-15(3)20(26)22-16-6-4-5-7-16/h8-9,12,15-16H,4-7,10-11H2,1-3H3,(H,22,26)/t15-/m1/s1. The maximum absolute atomic E-state index is 12.5. The number of nitrogens with zero attached hydrogens (tertiary/aromatic N) is 2. The zero-order valence-electron chi connectivity index (χ0n) is 16.7. The number of anilines is 1. The first-order valence-corrected chi connectivity index (χ1v) is 9.84. The molecule has 0 spiro atoms. The molecule has 1 heterocycles. The molecule has 3 rings (SSSR count). The van der Waals surface area contributed by atoms with Gasteiger partial charge in [-0.25, -0.2) is 4.79 Å². The van der Waals surface area contributed by atoms with Crippen LogP contribution in [0.1, 0.15) is 56.6 Å². The third-order valence-electron chi connectivity index (χ3n) is 5.22. The quantitative estimate of drug-likeness (QED) is 0.790. The zero-order chi connectivity index (χ0) is 20.3. The van der Waals surface area contributed by atoms with Gasteiger partial charge < -0.3 is 10.1 Å². The molecule has 1 aromatic rings. The number of hydrazone groups is 1. The number of nitrogens with one attached hydrogen (secondary N) is 1. The van der Waals surface area contributed by atoms with E-state index in [-0.39, 0.29) is 36.4 Å². The zero-order valence-corrected chi connectivity index (χ0v) is 16.7. The number of ether oxygens (including phenoxy) is 1. The smallest absolute Gasteiger partial charge is 0.355 e. The summed E-state index contributed by atoms with van der Waals surface area (Å²) >= 11 is 0. The lowest BCUT2D eigenvalue weighted by Crippen LogP contribution is -2.42. The summed E-state index contributed by atoms with van der Waals surface area (Å²) in [7, 11) is 0. The lowest BCUT2D eigenvalue weighted by atomic mass is 10.1. The molecule has 0 aromatic heterocycles. The fraction of sp³-hybridized carbons (Fsp3) is 0.524. The summed E-state index contributed by atoms with van der Waals surface area (Å²) in [6.45, 7) is 5.37. The van der Waals surface area contributed by atoms with Crippen LogP contribution in [0.2, 0.25) is 0 Å².